The van der Waals surface area contributed by atoms with Crippen LogP contribution in [0.1, 0.15) is 38.8 Å². The number of aryl methyl sites for hydroxylation is 2. The Hall–Kier alpha value is -13.2. The van der Waals surface area contributed by atoms with E-state index in [1.807, 2.05) is 36.7 Å². The summed E-state index contributed by atoms with van der Waals surface area (Å²) in [6.45, 7) is 12.6. The van der Waals surface area contributed by atoms with E-state index >= 15 is 0 Å². The molecule has 0 N–H and O–H groups in total. The molecule has 0 unspecified atom stereocenters. The third-order valence-electron chi connectivity index (χ3n) is 21.1. The van der Waals surface area contributed by atoms with E-state index in [4.69, 9.17) is 29.2 Å². The van der Waals surface area contributed by atoms with Gasteiger partial charge in [0.15, 0.2) is 0 Å². The largest absolute Gasteiger partial charge is 0.494 e. The summed E-state index contributed by atoms with van der Waals surface area (Å²) in [5.74, 6) is 1.82. The number of hydrogen-bond acceptors (Lipinski definition) is 10. The molecule has 14 aromatic carbocycles. The molecule has 18 aromatic rings. The quantitative estimate of drug-likeness (QED) is 0.0976. The molecular weight excluding hydrogens is 1440 g/mol. The van der Waals surface area contributed by atoms with Crippen molar-refractivity contribution >= 4 is 106 Å². The number of imidazole rings is 2. The smallest absolute Gasteiger partial charge is 0.399 e. The number of rotatable bonds is 14. The van der Waals surface area contributed by atoms with E-state index in [9.17, 15) is 0 Å². The molecule has 1 saturated heterocycles. The van der Waals surface area contributed by atoms with E-state index in [1.165, 1.54) is 32.7 Å². The number of benzene rings is 14. The van der Waals surface area contributed by atoms with Crippen molar-refractivity contribution in [1.29, 1.82) is 0 Å². The Bertz CT molecular complexity index is 6330. The minimum Gasteiger partial charge on any atom is -0.399 e. The summed E-state index contributed by atoms with van der Waals surface area (Å²) in [4.78, 5) is 33.1. The lowest BCUT2D eigenvalue weighted by Crippen LogP contribution is -2.41. The summed E-state index contributed by atoms with van der Waals surface area (Å²) in [5.41, 5.74) is 23.4. The number of fused-ring (bicyclic) bond motifs is 4. The van der Waals surface area contributed by atoms with Gasteiger partial charge in [-0.3, -0.25) is 24.1 Å². The topological polar surface area (TPSA) is 112 Å². The predicted molar refractivity (Wildman–Crippen MR) is 464 cm³/mol. The van der Waals surface area contributed by atoms with E-state index < -0.39 is 0 Å². The van der Waals surface area contributed by atoms with Gasteiger partial charge >= 0.3 is 7.12 Å². The second kappa shape index (κ2) is 31.0. The van der Waals surface area contributed by atoms with Crippen LogP contribution in [0.4, 0.5) is 34.1 Å². The van der Waals surface area contributed by atoms with Crippen LogP contribution in [-0.2, 0) is 9.31 Å². The highest BCUT2D eigenvalue weighted by Crippen LogP contribution is 2.44. The zero-order valence-corrected chi connectivity index (χ0v) is 64.5. The molecule has 4 aromatic heterocycles. The molecule has 14 heteroatoms. The van der Waals surface area contributed by atoms with Gasteiger partial charge in [-0.05, 0) is 182 Å². The van der Waals surface area contributed by atoms with Crippen molar-refractivity contribution < 1.29 is 9.31 Å². The molecule has 1 aliphatic rings. The van der Waals surface area contributed by atoms with Crippen LogP contribution in [0.3, 0.4) is 0 Å². The van der Waals surface area contributed by atoms with Gasteiger partial charge in [-0.15, -0.1) is 0 Å². The molecule has 0 saturated carbocycles. The van der Waals surface area contributed by atoms with Gasteiger partial charge in [0, 0.05) is 72.7 Å². The van der Waals surface area contributed by atoms with E-state index in [0.29, 0.717) is 0 Å². The molecule has 0 amide bonds. The summed E-state index contributed by atoms with van der Waals surface area (Å²) in [5, 5.41) is 4.86. The molecule has 5 heterocycles. The molecule has 12 nitrogen and oxygen atoms in total. The number of para-hydroxylation sites is 8. The van der Waals surface area contributed by atoms with Gasteiger partial charge in [-0.2, -0.15) is 0 Å². The third-order valence-corrected chi connectivity index (χ3v) is 21.5. The molecule has 0 atom stereocenters. The summed E-state index contributed by atoms with van der Waals surface area (Å²) in [6.07, 6.45) is 7.21. The minimum atomic E-state index is -0.364. The normalized spacial score (nSPS) is 12.8. The second-order valence-corrected chi connectivity index (χ2v) is 29.6. The first-order valence-electron chi connectivity index (χ1n) is 37.6. The van der Waals surface area contributed by atoms with E-state index in [1.54, 1.807) is 12.4 Å². The van der Waals surface area contributed by atoms with Crippen LogP contribution in [0.2, 0.25) is 0 Å². The number of anilines is 6. The number of halogens is 1. The van der Waals surface area contributed by atoms with E-state index in [-0.39, 0.29) is 18.3 Å². The maximum Gasteiger partial charge on any atom is 0.494 e. The Morgan fingerprint density at radius 2 is 0.661 bits per heavy atom. The molecule has 1 aliphatic heterocycles. The van der Waals surface area contributed by atoms with Crippen LogP contribution in [0.15, 0.2) is 369 Å². The van der Waals surface area contributed by atoms with Crippen molar-refractivity contribution in [3.8, 4) is 67.9 Å². The fourth-order valence-corrected chi connectivity index (χ4v) is 14.8. The molecule has 19 rings (SSSR count). The Balaban J connectivity index is 0.000000129. The summed E-state index contributed by atoms with van der Waals surface area (Å²) in [6, 6.07) is 118. The van der Waals surface area contributed by atoms with Crippen LogP contribution in [0, 0.1) is 13.8 Å². The van der Waals surface area contributed by atoms with Gasteiger partial charge in [0.1, 0.15) is 16.3 Å². The Morgan fingerprint density at radius 3 is 1.08 bits per heavy atom. The first-order chi connectivity index (χ1) is 54.8. The van der Waals surface area contributed by atoms with Gasteiger partial charge in [-0.1, -0.05) is 243 Å². The Morgan fingerprint density at radius 1 is 0.321 bits per heavy atom. The lowest BCUT2D eigenvalue weighted by molar-refractivity contribution is 0.00578. The number of nitrogens with zero attached hydrogens (tertiary/aromatic N) is 10. The molecule has 0 spiro atoms. The Kier molecular flexibility index (Phi) is 19.9. The van der Waals surface area contributed by atoms with Gasteiger partial charge in [0.05, 0.1) is 86.5 Å². The molecule has 0 radical (unpaired) electrons. The average Bonchev–Trinajstić information content (AvgIpc) is 1.04. The van der Waals surface area contributed by atoms with Crippen LogP contribution in [0.5, 0.6) is 0 Å². The monoisotopic (exact) mass is 1520 g/mol. The highest BCUT2D eigenvalue weighted by molar-refractivity contribution is 9.10. The highest BCUT2D eigenvalue weighted by atomic mass is 79.9. The SMILES string of the molecule is CC1(C)OB(c2ccc(-c3nc4ccccc4n3-c3ccccc3)cc2)OC1(C)C.Cc1ccccc1N(c1ccc(-c2cnc(-c3ccc(-c4nc5ccccc5n4-c4ccccc4)cc3)cn2)cc1)c1cccc2ccccc12.Cc1ccccc1N(c1ccc(-c2cnc(Br)cn2)cc1)c1cccc2ccccc12. The van der Waals surface area contributed by atoms with Crippen molar-refractivity contribution in [2.24, 2.45) is 0 Å². The van der Waals surface area contributed by atoms with Gasteiger partial charge in [0.25, 0.3) is 0 Å². The van der Waals surface area contributed by atoms with Crippen LogP contribution < -0.4 is 15.3 Å². The minimum absolute atomic E-state index is 0.350. The second-order valence-electron chi connectivity index (χ2n) is 28.8. The van der Waals surface area contributed by atoms with Gasteiger partial charge in [-0.25, -0.2) is 15.0 Å². The summed E-state index contributed by atoms with van der Waals surface area (Å²) in [7, 11) is -0.364. The van der Waals surface area contributed by atoms with Crippen LogP contribution in [-0.4, -0.2) is 57.4 Å². The molecule has 542 valence electrons. The summed E-state index contributed by atoms with van der Waals surface area (Å²) < 4.78 is 17.5. The lowest BCUT2D eigenvalue weighted by Gasteiger charge is -2.32. The molecular formula is C98H78BBrN10O2. The van der Waals surface area contributed by atoms with Crippen molar-refractivity contribution in [2.75, 3.05) is 9.80 Å². The van der Waals surface area contributed by atoms with Crippen LogP contribution >= 0.6 is 15.9 Å². The van der Waals surface area contributed by atoms with Crippen molar-refractivity contribution in [3.05, 3.63) is 380 Å². The predicted octanol–water partition coefficient (Wildman–Crippen LogP) is 24.6. The highest BCUT2D eigenvalue weighted by Gasteiger charge is 2.51. The third kappa shape index (κ3) is 14.5. The molecule has 1 fully saturated rings. The standard InChI is InChI=1S/C46H33N5.C27H20BrN3.C25H25BN2O2/c1-32-12-5-9-19-43(32)50(44-21-11-14-33-13-6-7-17-39(33)44)38-28-26-35(27-29-38)42-31-47-41(30-48-42)34-22-24-36(25-23-34)46-49-40-18-8-10-20-45(40)51(46)37-15-3-2-4-16-37;1-19-7-2-5-11-25(19)31(26-12-6-9-20-8-3-4-10-23(20)26)22-15-13-21(14-16-22)24-17-30-27(28)18-29-24;1-24(2)25(3,4)30-26(29-24)19-16-14-18(15-17-19)23-27-21-12-8-9-13-22(21)28(23)20-10-6-5-7-11-20/h2-31H,1H3;2-18H,1H3;5-17H,1-4H3. The zero-order valence-electron chi connectivity index (χ0n) is 62.9. The van der Waals surface area contributed by atoms with Gasteiger partial charge < -0.3 is 19.1 Å². The number of aromatic nitrogens is 8. The molecule has 0 bridgehead atoms. The Labute approximate surface area is 660 Å². The van der Waals surface area contributed by atoms with Gasteiger partial charge in [0.2, 0.25) is 0 Å². The fourth-order valence-electron chi connectivity index (χ4n) is 14.6. The van der Waals surface area contributed by atoms with E-state index in [2.05, 4.69) is 402 Å². The van der Waals surface area contributed by atoms with E-state index in [0.717, 1.165) is 134 Å². The maximum atomic E-state index is 6.19. The fraction of sp³-hybridized carbons (Fsp3) is 0.0816. The van der Waals surface area contributed by atoms with Crippen molar-refractivity contribution in [2.45, 2.75) is 52.7 Å². The molecule has 112 heavy (non-hydrogen) atoms. The molecule has 0 aliphatic carbocycles. The first kappa shape index (κ1) is 71.7. The first-order valence-corrected chi connectivity index (χ1v) is 38.4. The maximum absolute atomic E-state index is 6.19. The van der Waals surface area contributed by atoms with Crippen molar-refractivity contribution in [1.82, 2.24) is 39.0 Å². The summed E-state index contributed by atoms with van der Waals surface area (Å²) >= 11 is 3.35. The lowest BCUT2D eigenvalue weighted by atomic mass is 9.79. The zero-order chi connectivity index (χ0) is 76.3. The average molecular weight is 1520 g/mol. The number of hydrogen-bond donors (Lipinski definition) is 0. The van der Waals surface area contributed by atoms with Crippen molar-refractivity contribution in [3.63, 3.8) is 0 Å². The van der Waals surface area contributed by atoms with Crippen LogP contribution in [0.25, 0.3) is 112 Å².